The van der Waals surface area contributed by atoms with Crippen LogP contribution in [0, 0.1) is 13.8 Å². The normalized spacial score (nSPS) is 10.3. The van der Waals surface area contributed by atoms with Crippen LogP contribution in [0.4, 0.5) is 5.69 Å². The summed E-state index contributed by atoms with van der Waals surface area (Å²) in [5, 5.41) is 2.83. The highest BCUT2D eigenvalue weighted by atomic mass is 16.5. The summed E-state index contributed by atoms with van der Waals surface area (Å²) in [5.41, 5.74) is 2.71. The lowest BCUT2D eigenvalue weighted by molar-refractivity contribution is 0.0996. The zero-order chi connectivity index (χ0) is 13.8. The van der Waals surface area contributed by atoms with Crippen LogP contribution >= 0.6 is 0 Å². The van der Waals surface area contributed by atoms with Crippen molar-refractivity contribution in [1.29, 1.82) is 0 Å². The molecular weight excluding hydrogens is 242 g/mol. The molecule has 1 N–H and O–H groups in total. The van der Waals surface area contributed by atoms with Gasteiger partial charge in [0.1, 0.15) is 5.75 Å². The maximum Gasteiger partial charge on any atom is 0.291 e. The smallest absolute Gasteiger partial charge is 0.291 e. The van der Waals surface area contributed by atoms with Crippen LogP contribution in [-0.2, 0) is 0 Å². The molecule has 0 saturated heterocycles. The zero-order valence-electron chi connectivity index (χ0n) is 11.3. The fourth-order valence-electron chi connectivity index (χ4n) is 1.83. The minimum absolute atomic E-state index is 0.253. The standard InChI is InChI=1S/C15H17NO3/c1-4-18-14-9-10(2)12(8-11(14)3)16-15(17)13-6-5-7-19-13/h5-9H,4H2,1-3H3,(H,16,17). The number of furan rings is 1. The number of aryl methyl sites for hydroxylation is 2. The highest BCUT2D eigenvalue weighted by molar-refractivity contribution is 6.02. The Bertz CT molecular complexity index is 573. The number of benzene rings is 1. The molecule has 0 radical (unpaired) electrons. The van der Waals surface area contributed by atoms with Crippen molar-refractivity contribution in [3.63, 3.8) is 0 Å². The molecule has 1 aromatic carbocycles. The quantitative estimate of drug-likeness (QED) is 0.913. The van der Waals surface area contributed by atoms with Crippen LogP contribution in [0.2, 0.25) is 0 Å². The summed E-state index contributed by atoms with van der Waals surface area (Å²) in [6.07, 6.45) is 1.48. The Morgan fingerprint density at radius 1 is 1.32 bits per heavy atom. The largest absolute Gasteiger partial charge is 0.494 e. The van der Waals surface area contributed by atoms with Crippen LogP contribution in [0.15, 0.2) is 34.9 Å². The molecule has 19 heavy (non-hydrogen) atoms. The van der Waals surface area contributed by atoms with E-state index in [0.29, 0.717) is 12.4 Å². The summed E-state index contributed by atoms with van der Waals surface area (Å²) < 4.78 is 10.6. The van der Waals surface area contributed by atoms with Gasteiger partial charge in [0.25, 0.3) is 5.91 Å². The molecule has 4 nitrogen and oxygen atoms in total. The minimum atomic E-state index is -0.253. The minimum Gasteiger partial charge on any atom is -0.494 e. The van der Waals surface area contributed by atoms with Crippen LogP contribution in [0.5, 0.6) is 5.75 Å². The first kappa shape index (κ1) is 13.2. The Morgan fingerprint density at radius 2 is 2.11 bits per heavy atom. The van der Waals surface area contributed by atoms with Crippen molar-refractivity contribution >= 4 is 11.6 Å². The molecule has 1 amide bonds. The van der Waals surface area contributed by atoms with Gasteiger partial charge in [-0.05, 0) is 56.2 Å². The van der Waals surface area contributed by atoms with Crippen molar-refractivity contribution in [3.8, 4) is 5.75 Å². The number of carbonyl (C=O) groups is 1. The van der Waals surface area contributed by atoms with E-state index in [1.54, 1.807) is 12.1 Å². The molecule has 0 bridgehead atoms. The van der Waals surface area contributed by atoms with Gasteiger partial charge in [0.05, 0.1) is 12.9 Å². The average molecular weight is 259 g/mol. The molecular formula is C15H17NO3. The van der Waals surface area contributed by atoms with Crippen LogP contribution in [0.25, 0.3) is 0 Å². The third kappa shape index (κ3) is 2.96. The van der Waals surface area contributed by atoms with E-state index in [1.807, 2.05) is 32.9 Å². The molecule has 0 aliphatic rings. The molecule has 2 aromatic rings. The van der Waals surface area contributed by atoms with Gasteiger partial charge in [-0.1, -0.05) is 0 Å². The van der Waals surface area contributed by atoms with Gasteiger partial charge < -0.3 is 14.5 Å². The van der Waals surface area contributed by atoms with Crippen molar-refractivity contribution in [2.75, 3.05) is 11.9 Å². The molecule has 0 aliphatic heterocycles. The number of amides is 1. The third-order valence-electron chi connectivity index (χ3n) is 2.81. The molecule has 0 fully saturated rings. The number of rotatable bonds is 4. The summed E-state index contributed by atoms with van der Waals surface area (Å²) >= 11 is 0. The molecule has 2 rings (SSSR count). The SMILES string of the molecule is CCOc1cc(C)c(NC(=O)c2ccco2)cc1C. The van der Waals surface area contributed by atoms with Gasteiger partial charge >= 0.3 is 0 Å². The first-order chi connectivity index (χ1) is 9.11. The van der Waals surface area contributed by atoms with Gasteiger partial charge in [-0.2, -0.15) is 0 Å². The maximum absolute atomic E-state index is 11.9. The van der Waals surface area contributed by atoms with E-state index in [2.05, 4.69) is 5.32 Å². The van der Waals surface area contributed by atoms with Crippen molar-refractivity contribution in [2.45, 2.75) is 20.8 Å². The van der Waals surface area contributed by atoms with Crippen LogP contribution in [0.3, 0.4) is 0 Å². The average Bonchev–Trinajstić information content (AvgIpc) is 2.89. The monoisotopic (exact) mass is 259 g/mol. The van der Waals surface area contributed by atoms with Crippen molar-refractivity contribution in [1.82, 2.24) is 0 Å². The van der Waals surface area contributed by atoms with Gasteiger partial charge in [0.2, 0.25) is 0 Å². The second-order valence-electron chi connectivity index (χ2n) is 4.30. The lowest BCUT2D eigenvalue weighted by Gasteiger charge is -2.12. The van der Waals surface area contributed by atoms with Crippen LogP contribution in [-0.4, -0.2) is 12.5 Å². The Kier molecular flexibility index (Phi) is 3.90. The van der Waals surface area contributed by atoms with E-state index < -0.39 is 0 Å². The Labute approximate surface area is 112 Å². The lowest BCUT2D eigenvalue weighted by atomic mass is 10.1. The Hall–Kier alpha value is -2.23. The van der Waals surface area contributed by atoms with Gasteiger partial charge in [0.15, 0.2) is 5.76 Å². The molecule has 0 aliphatic carbocycles. The van der Waals surface area contributed by atoms with Gasteiger partial charge in [0, 0.05) is 5.69 Å². The van der Waals surface area contributed by atoms with E-state index in [0.717, 1.165) is 22.6 Å². The maximum atomic E-state index is 11.9. The van der Waals surface area contributed by atoms with Crippen LogP contribution in [0.1, 0.15) is 28.6 Å². The lowest BCUT2D eigenvalue weighted by Crippen LogP contribution is -2.12. The Balaban J connectivity index is 2.21. The first-order valence-electron chi connectivity index (χ1n) is 6.20. The highest BCUT2D eigenvalue weighted by Crippen LogP contribution is 2.26. The van der Waals surface area contributed by atoms with Gasteiger partial charge in [-0.25, -0.2) is 0 Å². The fraction of sp³-hybridized carbons (Fsp3) is 0.267. The molecule has 0 saturated carbocycles. The molecule has 0 spiro atoms. The number of nitrogens with one attached hydrogen (secondary N) is 1. The number of anilines is 1. The Morgan fingerprint density at radius 3 is 2.74 bits per heavy atom. The second-order valence-corrected chi connectivity index (χ2v) is 4.30. The predicted octanol–water partition coefficient (Wildman–Crippen LogP) is 3.55. The van der Waals surface area contributed by atoms with Gasteiger partial charge in [-0.3, -0.25) is 4.79 Å². The number of carbonyl (C=O) groups excluding carboxylic acids is 1. The van der Waals surface area contributed by atoms with Crippen molar-refractivity contribution in [2.24, 2.45) is 0 Å². The molecule has 100 valence electrons. The van der Waals surface area contributed by atoms with E-state index >= 15 is 0 Å². The topological polar surface area (TPSA) is 51.5 Å². The van der Waals surface area contributed by atoms with E-state index in [9.17, 15) is 4.79 Å². The highest BCUT2D eigenvalue weighted by Gasteiger charge is 2.12. The summed E-state index contributed by atoms with van der Waals surface area (Å²) in [7, 11) is 0. The first-order valence-corrected chi connectivity index (χ1v) is 6.20. The fourth-order valence-corrected chi connectivity index (χ4v) is 1.83. The number of hydrogen-bond donors (Lipinski definition) is 1. The summed E-state index contributed by atoms with van der Waals surface area (Å²) in [5.74, 6) is 0.888. The summed E-state index contributed by atoms with van der Waals surface area (Å²) in [6.45, 7) is 6.45. The molecule has 0 unspecified atom stereocenters. The van der Waals surface area contributed by atoms with Gasteiger partial charge in [-0.15, -0.1) is 0 Å². The second kappa shape index (κ2) is 5.61. The zero-order valence-corrected chi connectivity index (χ0v) is 11.3. The molecule has 1 aromatic heterocycles. The van der Waals surface area contributed by atoms with Crippen LogP contribution < -0.4 is 10.1 Å². The number of hydrogen-bond acceptors (Lipinski definition) is 3. The molecule has 1 heterocycles. The molecule has 4 heteroatoms. The van der Waals surface area contributed by atoms with Crippen molar-refractivity contribution in [3.05, 3.63) is 47.4 Å². The number of ether oxygens (including phenoxy) is 1. The summed E-state index contributed by atoms with van der Waals surface area (Å²) in [6, 6.07) is 7.15. The third-order valence-corrected chi connectivity index (χ3v) is 2.81. The summed E-state index contributed by atoms with van der Waals surface area (Å²) in [4.78, 5) is 11.9. The molecule has 0 atom stereocenters. The van der Waals surface area contributed by atoms with E-state index in [-0.39, 0.29) is 5.91 Å². The van der Waals surface area contributed by atoms with Crippen molar-refractivity contribution < 1.29 is 13.9 Å². The van der Waals surface area contributed by atoms with E-state index in [4.69, 9.17) is 9.15 Å². The van der Waals surface area contributed by atoms with E-state index in [1.165, 1.54) is 6.26 Å². The predicted molar refractivity (Wildman–Crippen MR) is 73.7 cm³/mol.